The van der Waals surface area contributed by atoms with Crippen molar-refractivity contribution < 1.29 is 0 Å². The highest BCUT2D eigenvalue weighted by atomic mass is 35.5. The molecule has 0 unspecified atom stereocenters. The third-order valence-electron chi connectivity index (χ3n) is 4.25. The standard InChI is InChI=1S/C18H25N3S.ClH/c1-18(2,3)17-20-14(12-22-17)9-21-10-15(16(19)11-21)13-7-5-4-6-8-13;/h4-8,12,15-16H,9-11,19H2,1-3H3;1H/t15-,16+;/m0./s1. The number of hydrogen-bond acceptors (Lipinski definition) is 4. The minimum absolute atomic E-state index is 0. The lowest BCUT2D eigenvalue weighted by Gasteiger charge is -2.16. The average Bonchev–Trinajstić information content (AvgIpc) is 3.07. The van der Waals surface area contributed by atoms with E-state index in [9.17, 15) is 0 Å². The molecule has 2 N–H and O–H groups in total. The number of nitrogens with zero attached hydrogens (tertiary/aromatic N) is 2. The average molecular weight is 352 g/mol. The highest BCUT2D eigenvalue weighted by Crippen LogP contribution is 2.29. The molecule has 1 aromatic heterocycles. The van der Waals surface area contributed by atoms with E-state index >= 15 is 0 Å². The summed E-state index contributed by atoms with van der Waals surface area (Å²) in [5.41, 5.74) is 9.04. The van der Waals surface area contributed by atoms with Crippen molar-refractivity contribution in [1.82, 2.24) is 9.88 Å². The Bertz CT molecular complexity index is 621. The Morgan fingerprint density at radius 2 is 1.91 bits per heavy atom. The lowest BCUT2D eigenvalue weighted by atomic mass is 9.95. The Balaban J connectivity index is 0.00000192. The highest BCUT2D eigenvalue weighted by Gasteiger charge is 2.31. The molecule has 126 valence electrons. The molecular formula is C18H26ClN3S. The summed E-state index contributed by atoms with van der Waals surface area (Å²) in [6, 6.07) is 10.8. The van der Waals surface area contributed by atoms with E-state index in [0.29, 0.717) is 5.92 Å². The first-order valence-electron chi connectivity index (χ1n) is 7.91. The molecule has 0 amide bonds. The summed E-state index contributed by atoms with van der Waals surface area (Å²) in [6.07, 6.45) is 0. The van der Waals surface area contributed by atoms with Gasteiger partial charge in [-0.3, -0.25) is 4.90 Å². The first-order chi connectivity index (χ1) is 10.4. The largest absolute Gasteiger partial charge is 0.326 e. The van der Waals surface area contributed by atoms with E-state index in [-0.39, 0.29) is 23.9 Å². The van der Waals surface area contributed by atoms with Gasteiger partial charge >= 0.3 is 0 Å². The van der Waals surface area contributed by atoms with Crippen molar-refractivity contribution in [2.45, 2.75) is 44.7 Å². The van der Waals surface area contributed by atoms with Crippen LogP contribution in [0.4, 0.5) is 0 Å². The minimum Gasteiger partial charge on any atom is -0.326 e. The molecule has 1 fully saturated rings. The van der Waals surface area contributed by atoms with Crippen molar-refractivity contribution in [2.75, 3.05) is 13.1 Å². The van der Waals surface area contributed by atoms with Crippen LogP contribution in [-0.2, 0) is 12.0 Å². The first kappa shape index (κ1) is 18.4. The van der Waals surface area contributed by atoms with Gasteiger partial charge in [0.15, 0.2) is 0 Å². The van der Waals surface area contributed by atoms with Crippen LogP contribution in [0.2, 0.25) is 0 Å². The molecular weight excluding hydrogens is 326 g/mol. The van der Waals surface area contributed by atoms with Crippen molar-refractivity contribution in [3.63, 3.8) is 0 Å². The van der Waals surface area contributed by atoms with E-state index in [4.69, 9.17) is 10.7 Å². The summed E-state index contributed by atoms with van der Waals surface area (Å²) in [5.74, 6) is 0.432. The van der Waals surface area contributed by atoms with Crippen LogP contribution in [0.3, 0.4) is 0 Å². The van der Waals surface area contributed by atoms with Crippen molar-refractivity contribution in [3.05, 3.63) is 52.0 Å². The predicted octanol–water partition coefficient (Wildman–Crippen LogP) is 3.79. The lowest BCUT2D eigenvalue weighted by Crippen LogP contribution is -2.28. The third kappa shape index (κ3) is 4.32. The van der Waals surface area contributed by atoms with Crippen molar-refractivity contribution in [1.29, 1.82) is 0 Å². The molecule has 1 aliphatic rings. The van der Waals surface area contributed by atoms with Crippen LogP contribution in [0, 0.1) is 0 Å². The van der Waals surface area contributed by atoms with Gasteiger partial charge in [-0.1, -0.05) is 51.1 Å². The molecule has 1 aliphatic heterocycles. The maximum Gasteiger partial charge on any atom is 0.0982 e. The maximum atomic E-state index is 6.37. The van der Waals surface area contributed by atoms with E-state index in [2.05, 4.69) is 61.4 Å². The number of aromatic nitrogens is 1. The molecule has 3 nitrogen and oxygen atoms in total. The lowest BCUT2D eigenvalue weighted by molar-refractivity contribution is 0.320. The fraction of sp³-hybridized carbons (Fsp3) is 0.500. The van der Waals surface area contributed by atoms with Gasteiger partial charge in [-0.05, 0) is 5.56 Å². The van der Waals surface area contributed by atoms with Gasteiger partial charge in [-0.15, -0.1) is 23.7 Å². The molecule has 0 saturated carbocycles. The molecule has 23 heavy (non-hydrogen) atoms. The first-order valence-corrected chi connectivity index (χ1v) is 8.79. The van der Waals surface area contributed by atoms with E-state index in [1.807, 2.05) is 0 Å². The number of nitrogens with two attached hydrogens (primary N) is 1. The van der Waals surface area contributed by atoms with Gasteiger partial charge < -0.3 is 5.73 Å². The van der Waals surface area contributed by atoms with Gasteiger partial charge in [0.1, 0.15) is 0 Å². The second-order valence-electron chi connectivity index (χ2n) is 7.27. The van der Waals surface area contributed by atoms with Gasteiger partial charge in [0.05, 0.1) is 10.7 Å². The van der Waals surface area contributed by atoms with E-state index in [1.54, 1.807) is 11.3 Å². The fourth-order valence-corrected chi connectivity index (χ4v) is 3.95. The van der Waals surface area contributed by atoms with Crippen LogP contribution in [0.5, 0.6) is 0 Å². The summed E-state index contributed by atoms with van der Waals surface area (Å²) < 4.78 is 0. The SMILES string of the molecule is CC(C)(C)c1nc(CN2C[C@@H](N)[C@H](c3ccccc3)C2)cs1.Cl. The Labute approximate surface area is 149 Å². The highest BCUT2D eigenvalue weighted by molar-refractivity contribution is 7.09. The summed E-state index contributed by atoms with van der Waals surface area (Å²) >= 11 is 1.77. The van der Waals surface area contributed by atoms with Gasteiger partial charge in [-0.25, -0.2) is 4.98 Å². The van der Waals surface area contributed by atoms with Crippen molar-refractivity contribution in [2.24, 2.45) is 5.73 Å². The number of likely N-dealkylation sites (tertiary alicyclic amines) is 1. The molecule has 0 bridgehead atoms. The Hall–Kier alpha value is -0.940. The summed E-state index contributed by atoms with van der Waals surface area (Å²) in [6.45, 7) is 9.52. The minimum atomic E-state index is 0. The van der Waals surface area contributed by atoms with Gasteiger partial charge in [0.2, 0.25) is 0 Å². The van der Waals surface area contributed by atoms with Crippen molar-refractivity contribution in [3.8, 4) is 0 Å². The summed E-state index contributed by atoms with van der Waals surface area (Å²) in [4.78, 5) is 7.24. The number of rotatable bonds is 3. The zero-order valence-corrected chi connectivity index (χ0v) is 15.7. The molecule has 2 heterocycles. The molecule has 0 radical (unpaired) electrons. The Kier molecular flexibility index (Phi) is 5.84. The Morgan fingerprint density at radius 1 is 1.22 bits per heavy atom. The fourth-order valence-electron chi connectivity index (χ4n) is 3.05. The normalized spacial score (nSPS) is 22.1. The molecule has 3 rings (SSSR count). The molecule has 2 atom stereocenters. The van der Waals surface area contributed by atoms with Gasteiger partial charge in [0, 0.05) is 42.4 Å². The van der Waals surface area contributed by atoms with Crippen LogP contribution in [0.15, 0.2) is 35.7 Å². The second-order valence-corrected chi connectivity index (χ2v) is 8.13. The van der Waals surface area contributed by atoms with Gasteiger partial charge in [-0.2, -0.15) is 0 Å². The topological polar surface area (TPSA) is 42.2 Å². The zero-order chi connectivity index (χ0) is 15.7. The van der Waals surface area contributed by atoms with E-state index in [1.165, 1.54) is 16.3 Å². The maximum absolute atomic E-state index is 6.37. The molecule has 5 heteroatoms. The number of benzene rings is 1. The molecule has 2 aromatic rings. The Morgan fingerprint density at radius 3 is 2.52 bits per heavy atom. The smallest absolute Gasteiger partial charge is 0.0982 e. The summed E-state index contributed by atoms with van der Waals surface area (Å²) in [7, 11) is 0. The number of halogens is 1. The van der Waals surface area contributed by atoms with Crippen LogP contribution in [0.1, 0.15) is 43.0 Å². The van der Waals surface area contributed by atoms with Gasteiger partial charge in [0.25, 0.3) is 0 Å². The molecule has 0 spiro atoms. The summed E-state index contributed by atoms with van der Waals surface area (Å²) in [5, 5.41) is 3.41. The second kappa shape index (κ2) is 7.31. The zero-order valence-electron chi connectivity index (χ0n) is 14.0. The van der Waals surface area contributed by atoms with Crippen molar-refractivity contribution >= 4 is 23.7 Å². The molecule has 1 saturated heterocycles. The number of hydrogen-bond donors (Lipinski definition) is 1. The van der Waals surface area contributed by atoms with E-state index < -0.39 is 0 Å². The molecule has 1 aromatic carbocycles. The van der Waals surface area contributed by atoms with E-state index in [0.717, 1.165) is 19.6 Å². The number of thiazole rings is 1. The van der Waals surface area contributed by atoms with Crippen LogP contribution in [0.25, 0.3) is 0 Å². The monoisotopic (exact) mass is 351 g/mol. The molecule has 0 aliphatic carbocycles. The van der Waals surface area contributed by atoms with Crippen LogP contribution < -0.4 is 5.73 Å². The quantitative estimate of drug-likeness (QED) is 0.914. The predicted molar refractivity (Wildman–Crippen MR) is 100 cm³/mol. The third-order valence-corrected chi connectivity index (χ3v) is 5.56. The van der Waals surface area contributed by atoms with Crippen LogP contribution in [-0.4, -0.2) is 29.0 Å². The van der Waals surface area contributed by atoms with Crippen LogP contribution >= 0.6 is 23.7 Å².